The number of nitrogens with zero attached hydrogens (tertiary/aromatic N) is 2. The van der Waals surface area contributed by atoms with E-state index in [0.717, 1.165) is 12.1 Å². The maximum absolute atomic E-state index is 12.3. The topological polar surface area (TPSA) is 67.2 Å². The zero-order chi connectivity index (χ0) is 14.6. The van der Waals surface area contributed by atoms with Crippen molar-refractivity contribution in [1.29, 1.82) is 0 Å². The van der Waals surface area contributed by atoms with Crippen molar-refractivity contribution in [2.24, 2.45) is 7.05 Å². The molecule has 1 aromatic rings. The van der Waals surface area contributed by atoms with E-state index >= 15 is 0 Å². The highest BCUT2D eigenvalue weighted by molar-refractivity contribution is 5.95. The number of nitrogens with one attached hydrogen (secondary N) is 1. The van der Waals surface area contributed by atoms with Crippen LogP contribution in [0, 0.1) is 0 Å². The molecule has 1 rings (SSSR count). The van der Waals surface area contributed by atoms with Gasteiger partial charge in [0.1, 0.15) is 0 Å². The molecule has 5 nitrogen and oxygen atoms in total. The lowest BCUT2D eigenvalue weighted by Crippen LogP contribution is -2.36. The predicted octanol–water partition coefficient (Wildman–Crippen LogP) is 1.61. The van der Waals surface area contributed by atoms with Crippen LogP contribution < -0.4 is 5.32 Å². The van der Waals surface area contributed by atoms with Crippen LogP contribution in [0.15, 0.2) is 6.20 Å². The Hall–Kier alpha value is -1.36. The van der Waals surface area contributed by atoms with Crippen LogP contribution >= 0.6 is 0 Å². The average Bonchev–Trinajstić information content (AvgIpc) is 2.70. The molecule has 0 fully saturated rings. The van der Waals surface area contributed by atoms with E-state index < -0.39 is 0 Å². The minimum atomic E-state index is -0.174. The summed E-state index contributed by atoms with van der Waals surface area (Å²) in [6.45, 7) is 8.19. The monoisotopic (exact) mass is 267 g/mol. The van der Waals surface area contributed by atoms with Crippen LogP contribution in [0.25, 0.3) is 0 Å². The Morgan fingerprint density at radius 3 is 2.63 bits per heavy atom. The van der Waals surface area contributed by atoms with Gasteiger partial charge in [0.2, 0.25) is 0 Å². The normalized spacial score (nSPS) is 13.4. The number of aryl methyl sites for hydroxylation is 1. The van der Waals surface area contributed by atoms with Gasteiger partial charge in [-0.25, -0.2) is 0 Å². The Morgan fingerprint density at radius 2 is 2.16 bits per heavy atom. The molecule has 0 aliphatic rings. The molecular weight excluding hydrogens is 242 g/mol. The van der Waals surface area contributed by atoms with Crippen molar-refractivity contribution >= 4 is 5.91 Å². The molecule has 0 bridgehead atoms. The first-order valence-corrected chi connectivity index (χ1v) is 6.75. The lowest BCUT2D eigenvalue weighted by atomic mass is 9.89. The number of aromatic nitrogens is 2. The Kier molecular flexibility index (Phi) is 5.11. The summed E-state index contributed by atoms with van der Waals surface area (Å²) in [4.78, 5) is 12.3. The third-order valence-electron chi connectivity index (χ3n) is 3.09. The third-order valence-corrected chi connectivity index (χ3v) is 3.09. The van der Waals surface area contributed by atoms with Crippen LogP contribution in [0.1, 0.15) is 56.6 Å². The van der Waals surface area contributed by atoms with E-state index in [0.29, 0.717) is 12.0 Å². The van der Waals surface area contributed by atoms with Gasteiger partial charge in [-0.1, -0.05) is 27.7 Å². The molecule has 0 saturated heterocycles. The maximum atomic E-state index is 12.3. The van der Waals surface area contributed by atoms with Crippen molar-refractivity contribution in [3.8, 4) is 0 Å². The molecule has 0 aliphatic carbocycles. The second-order valence-corrected chi connectivity index (χ2v) is 5.91. The molecule has 1 heterocycles. The molecule has 2 N–H and O–H groups in total. The second-order valence-electron chi connectivity index (χ2n) is 5.91. The molecule has 108 valence electrons. The molecule has 0 aromatic carbocycles. The van der Waals surface area contributed by atoms with Gasteiger partial charge in [-0.05, 0) is 12.8 Å². The zero-order valence-corrected chi connectivity index (χ0v) is 12.5. The highest BCUT2D eigenvalue weighted by Crippen LogP contribution is 2.24. The summed E-state index contributed by atoms with van der Waals surface area (Å²) in [5.74, 6) is -0.113. The zero-order valence-electron chi connectivity index (χ0n) is 12.5. The van der Waals surface area contributed by atoms with Gasteiger partial charge in [0.25, 0.3) is 5.91 Å². The number of carbonyl (C=O) groups excluding carboxylic acids is 1. The van der Waals surface area contributed by atoms with Gasteiger partial charge in [0.05, 0.1) is 11.3 Å². The first-order valence-electron chi connectivity index (χ1n) is 6.75. The first kappa shape index (κ1) is 15.7. The lowest BCUT2D eigenvalue weighted by Gasteiger charge is -2.19. The number of aliphatic hydroxyl groups excluding tert-OH is 1. The molecule has 0 radical (unpaired) electrons. The van der Waals surface area contributed by atoms with Gasteiger partial charge in [0.15, 0.2) is 0 Å². The Bertz CT molecular complexity index is 432. The summed E-state index contributed by atoms with van der Waals surface area (Å²) in [6, 6.07) is 0.00512. The van der Waals surface area contributed by atoms with Crippen molar-refractivity contribution in [2.75, 3.05) is 6.61 Å². The Morgan fingerprint density at radius 1 is 1.53 bits per heavy atom. The van der Waals surface area contributed by atoms with Crippen molar-refractivity contribution in [3.05, 3.63) is 17.5 Å². The summed E-state index contributed by atoms with van der Waals surface area (Å²) in [5, 5.41) is 16.3. The quantitative estimate of drug-likeness (QED) is 0.851. The van der Waals surface area contributed by atoms with Crippen LogP contribution in [0.4, 0.5) is 0 Å². The minimum Gasteiger partial charge on any atom is -0.396 e. The number of hydrogen-bond acceptors (Lipinski definition) is 3. The molecule has 0 spiro atoms. The summed E-state index contributed by atoms with van der Waals surface area (Å²) >= 11 is 0. The molecule has 1 atom stereocenters. The molecule has 1 amide bonds. The molecule has 1 unspecified atom stereocenters. The van der Waals surface area contributed by atoms with Crippen LogP contribution in [-0.4, -0.2) is 33.4 Å². The van der Waals surface area contributed by atoms with Gasteiger partial charge in [-0.2, -0.15) is 5.10 Å². The fourth-order valence-corrected chi connectivity index (χ4v) is 2.01. The van der Waals surface area contributed by atoms with Crippen molar-refractivity contribution in [2.45, 2.75) is 52.0 Å². The summed E-state index contributed by atoms with van der Waals surface area (Å²) < 4.78 is 1.67. The molecule has 5 heteroatoms. The lowest BCUT2D eigenvalue weighted by molar-refractivity contribution is 0.0927. The number of carbonyl (C=O) groups is 1. The highest BCUT2D eigenvalue weighted by Gasteiger charge is 2.26. The van der Waals surface area contributed by atoms with Gasteiger partial charge in [-0.3, -0.25) is 9.48 Å². The number of aliphatic hydroxyl groups is 1. The van der Waals surface area contributed by atoms with E-state index in [9.17, 15) is 4.79 Å². The summed E-state index contributed by atoms with van der Waals surface area (Å²) in [6.07, 6.45) is 3.13. The van der Waals surface area contributed by atoms with Crippen molar-refractivity contribution in [3.63, 3.8) is 0 Å². The van der Waals surface area contributed by atoms with Crippen molar-refractivity contribution in [1.82, 2.24) is 15.1 Å². The van der Waals surface area contributed by atoms with Crippen LogP contribution in [-0.2, 0) is 12.5 Å². The Balaban J connectivity index is 2.93. The number of amides is 1. The van der Waals surface area contributed by atoms with E-state index in [2.05, 4.69) is 10.4 Å². The van der Waals surface area contributed by atoms with Crippen LogP contribution in [0.2, 0.25) is 0 Å². The predicted molar refractivity (Wildman–Crippen MR) is 75.2 cm³/mol. The summed E-state index contributed by atoms with van der Waals surface area (Å²) in [7, 11) is 1.82. The number of hydrogen-bond donors (Lipinski definition) is 2. The molecular formula is C14H25N3O2. The molecule has 19 heavy (non-hydrogen) atoms. The summed E-state index contributed by atoms with van der Waals surface area (Å²) in [5.41, 5.74) is 1.24. The molecule has 0 saturated carbocycles. The largest absolute Gasteiger partial charge is 0.396 e. The van der Waals surface area contributed by atoms with Gasteiger partial charge in [0, 0.05) is 31.3 Å². The van der Waals surface area contributed by atoms with Crippen molar-refractivity contribution < 1.29 is 9.90 Å². The Labute approximate surface area is 115 Å². The van der Waals surface area contributed by atoms with Gasteiger partial charge in [-0.15, -0.1) is 0 Å². The van der Waals surface area contributed by atoms with E-state index in [1.165, 1.54) is 0 Å². The van der Waals surface area contributed by atoms with Gasteiger partial charge >= 0.3 is 0 Å². The number of rotatable bonds is 5. The van der Waals surface area contributed by atoms with E-state index in [-0.39, 0.29) is 24.0 Å². The SMILES string of the molecule is CCC(CCO)NC(=O)c1cn(C)nc1C(C)(C)C. The average molecular weight is 267 g/mol. The molecule has 1 aromatic heterocycles. The molecule has 0 aliphatic heterocycles. The smallest absolute Gasteiger partial charge is 0.254 e. The minimum absolute atomic E-state index is 0.00512. The van der Waals surface area contributed by atoms with E-state index in [1.807, 2.05) is 34.7 Å². The van der Waals surface area contributed by atoms with Crippen LogP contribution in [0.5, 0.6) is 0 Å². The highest BCUT2D eigenvalue weighted by atomic mass is 16.3. The van der Waals surface area contributed by atoms with Gasteiger partial charge < -0.3 is 10.4 Å². The van der Waals surface area contributed by atoms with Crippen LogP contribution in [0.3, 0.4) is 0 Å². The first-order chi connectivity index (χ1) is 8.79. The third kappa shape index (κ3) is 4.06. The van der Waals surface area contributed by atoms with E-state index in [4.69, 9.17) is 5.11 Å². The fraction of sp³-hybridized carbons (Fsp3) is 0.714. The maximum Gasteiger partial charge on any atom is 0.254 e. The second kappa shape index (κ2) is 6.19. The van der Waals surface area contributed by atoms with E-state index in [1.54, 1.807) is 10.9 Å². The standard InChI is InChI=1S/C14H25N3O2/c1-6-10(7-8-18)15-13(19)11-9-17(5)16-12(11)14(2,3)4/h9-10,18H,6-8H2,1-5H3,(H,15,19). The fourth-order valence-electron chi connectivity index (χ4n) is 2.01.